The van der Waals surface area contributed by atoms with E-state index in [0.29, 0.717) is 18.4 Å². The van der Waals surface area contributed by atoms with Crippen molar-refractivity contribution in [3.8, 4) is 0 Å². The highest BCUT2D eigenvalue weighted by molar-refractivity contribution is 6.76. The molecule has 1 saturated heterocycles. The van der Waals surface area contributed by atoms with Gasteiger partial charge in [-0.2, -0.15) is 5.10 Å². The van der Waals surface area contributed by atoms with Gasteiger partial charge in [-0.25, -0.2) is 19.6 Å². The zero-order valence-electron chi connectivity index (χ0n) is 19.9. The molecule has 3 aromatic heterocycles. The lowest BCUT2D eigenvalue weighted by atomic mass is 9.56. The summed E-state index contributed by atoms with van der Waals surface area (Å²) in [5.41, 5.74) is 0.724. The average Bonchev–Trinajstić information content (AvgIpc) is 3.09. The van der Waals surface area contributed by atoms with Gasteiger partial charge in [0.1, 0.15) is 30.5 Å². The minimum Gasteiger partial charge on any atom is -0.390 e. The third kappa shape index (κ3) is 4.87. The highest BCUT2D eigenvalue weighted by atomic mass is 28.3. The molecule has 9 nitrogen and oxygen atoms in total. The number of hydrogen-bond donors (Lipinski definition) is 2. The van der Waals surface area contributed by atoms with E-state index >= 15 is 0 Å². The van der Waals surface area contributed by atoms with Crippen molar-refractivity contribution in [3.05, 3.63) is 30.9 Å². The summed E-state index contributed by atoms with van der Waals surface area (Å²) >= 11 is 0. The topological polar surface area (TPSA) is 101 Å². The van der Waals surface area contributed by atoms with E-state index in [1.807, 2.05) is 36.1 Å². The van der Waals surface area contributed by atoms with Crippen molar-refractivity contribution in [2.45, 2.75) is 57.8 Å². The van der Waals surface area contributed by atoms with Crippen LogP contribution in [-0.2, 0) is 11.5 Å². The Morgan fingerprint density at radius 1 is 1.09 bits per heavy atom. The van der Waals surface area contributed by atoms with Crippen LogP contribution in [-0.4, -0.2) is 63.2 Å². The molecule has 0 atom stereocenters. The van der Waals surface area contributed by atoms with Gasteiger partial charge in [-0.3, -0.25) is 0 Å². The highest BCUT2D eigenvalue weighted by Gasteiger charge is 2.57. The number of aliphatic hydroxyl groups is 1. The van der Waals surface area contributed by atoms with Crippen LogP contribution in [0, 0.1) is 5.41 Å². The van der Waals surface area contributed by atoms with Gasteiger partial charge in [0.15, 0.2) is 0 Å². The number of ether oxygens (including phenoxy) is 1. The fourth-order valence-electron chi connectivity index (χ4n) is 5.11. The maximum absolute atomic E-state index is 10.1. The number of aromatic nitrogens is 5. The van der Waals surface area contributed by atoms with Gasteiger partial charge >= 0.3 is 0 Å². The molecule has 2 aliphatic rings. The summed E-state index contributed by atoms with van der Waals surface area (Å²) in [6.45, 7) is 12.0. The monoisotopic (exact) mass is 467 g/mol. The third-order valence-electron chi connectivity index (χ3n) is 6.53. The van der Waals surface area contributed by atoms with Gasteiger partial charge in [0, 0.05) is 56.9 Å². The lowest BCUT2D eigenvalue weighted by Gasteiger charge is -2.61. The SMILES string of the molecule is CC1(O)CC2(CN(c3cc(Nc4cc5c(cn4)cnn5COCC[Si](C)(C)C)ncn3)C2)C1. The van der Waals surface area contributed by atoms with Crippen LogP contribution < -0.4 is 10.2 Å². The van der Waals surface area contributed by atoms with Gasteiger partial charge < -0.3 is 20.1 Å². The molecule has 0 radical (unpaired) electrons. The molecule has 1 aliphatic carbocycles. The fourth-order valence-corrected chi connectivity index (χ4v) is 5.86. The molecule has 3 aromatic rings. The molecule has 5 rings (SSSR count). The Hall–Kier alpha value is -2.56. The van der Waals surface area contributed by atoms with Crippen LogP contribution in [0.1, 0.15) is 19.8 Å². The Balaban J connectivity index is 1.23. The largest absolute Gasteiger partial charge is 0.390 e. The lowest BCUT2D eigenvalue weighted by Crippen LogP contribution is -2.67. The molecular weight excluding hydrogens is 434 g/mol. The van der Waals surface area contributed by atoms with Crippen LogP contribution in [0.4, 0.5) is 17.5 Å². The lowest BCUT2D eigenvalue weighted by molar-refractivity contribution is -0.126. The smallest absolute Gasteiger partial charge is 0.139 e. The molecular formula is C23H33N7O2Si. The van der Waals surface area contributed by atoms with E-state index in [1.165, 1.54) is 0 Å². The first-order chi connectivity index (χ1) is 15.6. The molecule has 0 bridgehead atoms. The Kier molecular flexibility index (Phi) is 5.41. The summed E-state index contributed by atoms with van der Waals surface area (Å²) in [6, 6.07) is 5.06. The molecule has 2 N–H and O–H groups in total. The molecule has 0 aromatic carbocycles. The van der Waals surface area contributed by atoms with Gasteiger partial charge in [-0.1, -0.05) is 19.6 Å². The second-order valence-corrected chi connectivity index (χ2v) is 16.8. The van der Waals surface area contributed by atoms with Crippen molar-refractivity contribution in [3.63, 3.8) is 0 Å². The first kappa shape index (κ1) is 22.2. The quantitative estimate of drug-likeness (QED) is 0.383. The van der Waals surface area contributed by atoms with Crippen molar-refractivity contribution < 1.29 is 9.84 Å². The first-order valence-electron chi connectivity index (χ1n) is 11.6. The molecule has 176 valence electrons. The molecule has 2 fully saturated rings. The molecule has 1 aliphatic heterocycles. The predicted molar refractivity (Wildman–Crippen MR) is 131 cm³/mol. The number of pyridine rings is 1. The fraction of sp³-hybridized carbons (Fsp3) is 0.565. The summed E-state index contributed by atoms with van der Waals surface area (Å²) < 4.78 is 7.74. The zero-order chi connectivity index (χ0) is 23.3. The maximum Gasteiger partial charge on any atom is 0.139 e. The third-order valence-corrected chi connectivity index (χ3v) is 8.24. The van der Waals surface area contributed by atoms with E-state index in [-0.39, 0.29) is 5.41 Å². The summed E-state index contributed by atoms with van der Waals surface area (Å²) in [6.07, 6.45) is 6.94. The first-order valence-corrected chi connectivity index (χ1v) is 15.3. The van der Waals surface area contributed by atoms with E-state index in [1.54, 1.807) is 6.33 Å². The van der Waals surface area contributed by atoms with Gasteiger partial charge in [0.05, 0.1) is 17.3 Å². The molecule has 4 heterocycles. The van der Waals surface area contributed by atoms with Crippen LogP contribution in [0.2, 0.25) is 25.7 Å². The molecule has 0 amide bonds. The van der Waals surface area contributed by atoms with Crippen molar-refractivity contribution in [1.29, 1.82) is 0 Å². The number of fused-ring (bicyclic) bond motifs is 1. The Labute approximate surface area is 195 Å². The van der Waals surface area contributed by atoms with Crippen LogP contribution in [0.25, 0.3) is 10.9 Å². The van der Waals surface area contributed by atoms with E-state index in [4.69, 9.17) is 4.74 Å². The Morgan fingerprint density at radius 2 is 1.85 bits per heavy atom. The van der Waals surface area contributed by atoms with Crippen LogP contribution in [0.15, 0.2) is 30.9 Å². The van der Waals surface area contributed by atoms with Gasteiger partial charge in [0.25, 0.3) is 0 Å². The predicted octanol–water partition coefficient (Wildman–Crippen LogP) is 3.63. The molecule has 1 saturated carbocycles. The highest BCUT2D eigenvalue weighted by Crippen LogP contribution is 2.54. The molecule has 10 heteroatoms. The van der Waals surface area contributed by atoms with Crippen LogP contribution >= 0.6 is 0 Å². The van der Waals surface area contributed by atoms with Crippen LogP contribution in [0.5, 0.6) is 0 Å². The minimum atomic E-state index is -1.11. The number of nitrogens with one attached hydrogen (secondary N) is 1. The number of rotatable bonds is 8. The summed E-state index contributed by atoms with van der Waals surface area (Å²) in [5.74, 6) is 2.29. The van der Waals surface area contributed by atoms with Gasteiger partial charge in [-0.05, 0) is 25.8 Å². The molecule has 0 unspecified atom stereocenters. The molecule has 1 spiro atoms. The second kappa shape index (κ2) is 8.03. The number of anilines is 3. The second-order valence-electron chi connectivity index (χ2n) is 11.2. The Morgan fingerprint density at radius 3 is 2.58 bits per heavy atom. The normalized spacial score (nSPS) is 18.9. The Bertz CT molecular complexity index is 1140. The average molecular weight is 468 g/mol. The maximum atomic E-state index is 10.1. The summed E-state index contributed by atoms with van der Waals surface area (Å²) in [4.78, 5) is 15.6. The van der Waals surface area contributed by atoms with Gasteiger partial charge in [0.2, 0.25) is 0 Å². The summed E-state index contributed by atoms with van der Waals surface area (Å²) in [5, 5.41) is 18.8. The summed E-state index contributed by atoms with van der Waals surface area (Å²) in [7, 11) is -1.11. The van der Waals surface area contributed by atoms with Crippen molar-refractivity contribution in [1.82, 2.24) is 24.7 Å². The number of nitrogens with zero attached hydrogens (tertiary/aromatic N) is 6. The standard InChI is InChI=1S/C23H33N7O2Si/c1-22(31)11-23(12-22)13-29(14-23)21-8-20(25-15-26-21)28-19-7-18-17(9-24-19)10-27-30(18)16-32-5-6-33(2,3)4/h7-10,15,31H,5-6,11-14,16H2,1-4H3,(H,24,25,26,28). The van der Waals surface area contributed by atoms with Crippen LogP contribution in [0.3, 0.4) is 0 Å². The van der Waals surface area contributed by atoms with Crippen molar-refractivity contribution in [2.24, 2.45) is 5.41 Å². The minimum absolute atomic E-state index is 0.254. The zero-order valence-corrected chi connectivity index (χ0v) is 20.9. The van der Waals surface area contributed by atoms with E-state index in [2.05, 4.69) is 49.9 Å². The van der Waals surface area contributed by atoms with E-state index < -0.39 is 13.7 Å². The van der Waals surface area contributed by atoms with E-state index in [9.17, 15) is 5.11 Å². The molecule has 33 heavy (non-hydrogen) atoms. The van der Waals surface area contributed by atoms with E-state index in [0.717, 1.165) is 55.3 Å². The van der Waals surface area contributed by atoms with Crippen molar-refractivity contribution in [2.75, 3.05) is 29.9 Å². The van der Waals surface area contributed by atoms with Gasteiger partial charge in [-0.15, -0.1) is 0 Å². The number of hydrogen-bond acceptors (Lipinski definition) is 8. The van der Waals surface area contributed by atoms with Crippen molar-refractivity contribution >= 4 is 36.4 Å².